The van der Waals surface area contributed by atoms with Gasteiger partial charge in [-0.25, -0.2) is 8.78 Å². The Bertz CT molecular complexity index is 1290. The zero-order chi connectivity index (χ0) is 29.2. The van der Waals surface area contributed by atoms with Crippen molar-refractivity contribution in [3.05, 3.63) is 106 Å². The van der Waals surface area contributed by atoms with Crippen molar-refractivity contribution in [3.8, 4) is 0 Å². The van der Waals surface area contributed by atoms with Gasteiger partial charge in [0.15, 0.2) is 5.78 Å². The maximum absolute atomic E-state index is 13.9. The summed E-state index contributed by atoms with van der Waals surface area (Å²) in [4.78, 5) is 26.4. The molecule has 222 valence electrons. The quantitative estimate of drug-likeness (QED) is 0.192. The van der Waals surface area contributed by atoms with Crippen LogP contribution in [0.3, 0.4) is 0 Å². The summed E-state index contributed by atoms with van der Waals surface area (Å²) in [6, 6.07) is 15.5. The Labute approximate surface area is 248 Å². The van der Waals surface area contributed by atoms with Crippen LogP contribution < -0.4 is 10.6 Å². The van der Waals surface area contributed by atoms with E-state index in [1.807, 2.05) is 32.9 Å². The minimum absolute atomic E-state index is 0. The van der Waals surface area contributed by atoms with Crippen LogP contribution in [0.15, 0.2) is 60.7 Å². The minimum atomic E-state index is -1.06. The summed E-state index contributed by atoms with van der Waals surface area (Å²) in [5, 5.41) is 17.2. The van der Waals surface area contributed by atoms with Crippen LogP contribution in [-0.4, -0.2) is 35.5 Å². The maximum Gasteiger partial charge on any atom is 0.251 e. The van der Waals surface area contributed by atoms with Crippen LogP contribution in [0.2, 0.25) is 0 Å². The summed E-state index contributed by atoms with van der Waals surface area (Å²) in [5.41, 5.74) is 4.11. The Balaban J connectivity index is 0.00000588. The number of nitrogens with one attached hydrogen (secondary N) is 2. The highest BCUT2D eigenvalue weighted by atomic mass is 35.5. The molecule has 8 heteroatoms. The Morgan fingerprint density at radius 2 is 1.49 bits per heavy atom. The van der Waals surface area contributed by atoms with Gasteiger partial charge in [0.05, 0.1) is 12.1 Å². The van der Waals surface area contributed by atoms with E-state index in [0.29, 0.717) is 36.1 Å². The summed E-state index contributed by atoms with van der Waals surface area (Å²) >= 11 is 0. The van der Waals surface area contributed by atoms with Crippen molar-refractivity contribution in [2.75, 3.05) is 6.54 Å². The van der Waals surface area contributed by atoms with E-state index in [9.17, 15) is 23.5 Å². The van der Waals surface area contributed by atoms with Crippen molar-refractivity contribution in [1.82, 2.24) is 10.6 Å². The van der Waals surface area contributed by atoms with Gasteiger partial charge in [-0.05, 0) is 85.2 Å². The lowest BCUT2D eigenvalue weighted by atomic mass is 9.91. The summed E-state index contributed by atoms with van der Waals surface area (Å²) in [6.07, 6.45) is 1.29. The number of rotatable bonds is 14. The molecule has 0 aliphatic heterocycles. The van der Waals surface area contributed by atoms with Crippen LogP contribution in [0, 0.1) is 24.5 Å². The summed E-state index contributed by atoms with van der Waals surface area (Å²) in [5.74, 6) is -2.07. The summed E-state index contributed by atoms with van der Waals surface area (Å²) < 4.78 is 27.8. The molecule has 1 amide bonds. The summed E-state index contributed by atoms with van der Waals surface area (Å²) in [6.45, 7) is 8.49. The number of hydrogen-bond acceptors (Lipinski definition) is 4. The van der Waals surface area contributed by atoms with Crippen LogP contribution in [0.1, 0.15) is 76.6 Å². The highest BCUT2D eigenvalue weighted by Gasteiger charge is 2.24. The van der Waals surface area contributed by atoms with Crippen molar-refractivity contribution in [2.24, 2.45) is 5.92 Å². The van der Waals surface area contributed by atoms with Crippen LogP contribution >= 0.6 is 12.4 Å². The number of aryl methyl sites for hydroxylation is 2. The molecule has 0 aromatic heterocycles. The van der Waals surface area contributed by atoms with Gasteiger partial charge in [0, 0.05) is 36.2 Å². The Kier molecular flexibility index (Phi) is 13.6. The predicted octanol–water partition coefficient (Wildman–Crippen LogP) is 6.37. The minimum Gasteiger partial charge on any atom is -0.390 e. The van der Waals surface area contributed by atoms with Gasteiger partial charge in [0.1, 0.15) is 11.6 Å². The van der Waals surface area contributed by atoms with Gasteiger partial charge < -0.3 is 15.7 Å². The third-order valence-corrected chi connectivity index (χ3v) is 7.22. The number of halogens is 3. The number of aliphatic hydroxyl groups excluding tert-OH is 1. The number of carbonyl (C=O) groups is 2. The first-order valence-corrected chi connectivity index (χ1v) is 14.0. The topological polar surface area (TPSA) is 78.4 Å². The van der Waals surface area contributed by atoms with Crippen LogP contribution in [0.25, 0.3) is 0 Å². The van der Waals surface area contributed by atoms with Gasteiger partial charge in [-0.15, -0.1) is 12.4 Å². The number of carbonyl (C=O) groups excluding carboxylic acids is 2. The monoisotopic (exact) mass is 586 g/mol. The largest absolute Gasteiger partial charge is 0.390 e. The first-order valence-electron chi connectivity index (χ1n) is 14.0. The molecule has 0 radical (unpaired) electrons. The van der Waals surface area contributed by atoms with E-state index in [0.717, 1.165) is 23.6 Å². The number of amides is 1. The number of benzene rings is 3. The fraction of sp³-hybridized carbons (Fsp3) is 0.394. The van der Waals surface area contributed by atoms with E-state index in [1.54, 1.807) is 18.2 Å². The molecule has 0 saturated heterocycles. The average Bonchev–Trinajstić information content (AvgIpc) is 2.92. The van der Waals surface area contributed by atoms with Crippen molar-refractivity contribution < 1.29 is 23.5 Å². The van der Waals surface area contributed by atoms with Crippen LogP contribution in [0.5, 0.6) is 0 Å². The van der Waals surface area contributed by atoms with Gasteiger partial charge in [-0.1, -0.05) is 45.0 Å². The third-order valence-electron chi connectivity index (χ3n) is 7.22. The molecule has 5 nitrogen and oxygen atoms in total. The second-order valence-corrected chi connectivity index (χ2v) is 10.4. The lowest BCUT2D eigenvalue weighted by Gasteiger charge is -2.25. The molecule has 0 spiro atoms. The number of hydrogen-bond donors (Lipinski definition) is 3. The molecule has 0 aliphatic carbocycles. The molecule has 3 N–H and O–H groups in total. The molecule has 3 aromatic carbocycles. The van der Waals surface area contributed by atoms with E-state index < -0.39 is 29.7 Å². The molecule has 0 unspecified atom stereocenters. The van der Waals surface area contributed by atoms with E-state index in [-0.39, 0.29) is 37.1 Å². The van der Waals surface area contributed by atoms with E-state index in [2.05, 4.69) is 29.7 Å². The Morgan fingerprint density at radius 1 is 0.854 bits per heavy atom. The molecule has 0 aliphatic rings. The first-order chi connectivity index (χ1) is 19.1. The molecule has 0 saturated carbocycles. The van der Waals surface area contributed by atoms with Gasteiger partial charge in [0.25, 0.3) is 5.91 Å². The van der Waals surface area contributed by atoms with Gasteiger partial charge >= 0.3 is 0 Å². The predicted molar refractivity (Wildman–Crippen MR) is 162 cm³/mol. The average molecular weight is 587 g/mol. The SMILES string of the molecule is CCc1cccc(CNC[C@@H](O)[C@H](Cc2cc(F)cc(F)c2)NC(=O)c2cc(C)cc(C(=O)C(CC)CC)c2)c1.Cl. The molecule has 3 aromatic rings. The Hall–Kier alpha value is -3.13. The first kappa shape index (κ1) is 34.1. The molecule has 3 rings (SSSR count). The van der Waals surface area contributed by atoms with Gasteiger partial charge in [0.2, 0.25) is 0 Å². The smallest absolute Gasteiger partial charge is 0.251 e. The van der Waals surface area contributed by atoms with Crippen LogP contribution in [-0.2, 0) is 19.4 Å². The second-order valence-electron chi connectivity index (χ2n) is 10.4. The highest BCUT2D eigenvalue weighted by Crippen LogP contribution is 2.19. The second kappa shape index (κ2) is 16.3. The van der Waals surface area contributed by atoms with E-state index >= 15 is 0 Å². The number of aliphatic hydroxyl groups is 1. The fourth-order valence-electron chi connectivity index (χ4n) is 4.94. The van der Waals surface area contributed by atoms with Crippen molar-refractivity contribution in [2.45, 2.75) is 72.1 Å². The third kappa shape index (κ3) is 10.0. The summed E-state index contributed by atoms with van der Waals surface area (Å²) in [7, 11) is 0. The van der Waals surface area contributed by atoms with Crippen molar-refractivity contribution >= 4 is 24.1 Å². The molecular weight excluding hydrogens is 546 g/mol. The lowest BCUT2D eigenvalue weighted by Crippen LogP contribution is -2.48. The zero-order valence-electron chi connectivity index (χ0n) is 24.2. The van der Waals surface area contributed by atoms with Crippen LogP contribution in [0.4, 0.5) is 8.78 Å². The molecule has 41 heavy (non-hydrogen) atoms. The van der Waals surface area contributed by atoms with Crippen molar-refractivity contribution in [1.29, 1.82) is 0 Å². The maximum atomic E-state index is 13.9. The normalized spacial score (nSPS) is 12.5. The lowest BCUT2D eigenvalue weighted by molar-refractivity contribution is 0.0829. The number of Topliss-reactive ketones (excluding diaryl/α,β-unsaturated/α-hetero) is 1. The molecule has 0 fully saturated rings. The van der Waals surface area contributed by atoms with Gasteiger partial charge in [-0.2, -0.15) is 0 Å². The molecule has 2 atom stereocenters. The van der Waals surface area contributed by atoms with Gasteiger partial charge in [-0.3, -0.25) is 9.59 Å². The standard InChI is InChI=1S/C33H40F2N2O3.ClH/c1-5-22-9-8-10-23(13-22)19-36-20-31(38)30(16-24-14-28(34)18-29(35)15-24)37-33(40)27-12-21(4)11-26(17-27)32(39)25(6-2)7-3;/h8-15,17-18,25,30-31,36,38H,5-7,16,19-20H2,1-4H3,(H,37,40);1H/t30-,31+;/m0./s1. The highest BCUT2D eigenvalue weighted by molar-refractivity contribution is 6.02. The fourth-order valence-corrected chi connectivity index (χ4v) is 4.94. The number of ketones is 1. The van der Waals surface area contributed by atoms with E-state index in [4.69, 9.17) is 0 Å². The molecule has 0 bridgehead atoms. The van der Waals surface area contributed by atoms with E-state index in [1.165, 1.54) is 17.7 Å². The zero-order valence-corrected chi connectivity index (χ0v) is 25.0. The Morgan fingerprint density at radius 3 is 2.12 bits per heavy atom. The van der Waals surface area contributed by atoms with Crippen molar-refractivity contribution in [3.63, 3.8) is 0 Å². The molecular formula is C33H41ClF2N2O3. The molecule has 0 heterocycles.